The number of fused-ring (bicyclic) bond motifs is 1. The molecule has 0 aliphatic heterocycles. The van der Waals surface area contributed by atoms with Crippen molar-refractivity contribution in [3.8, 4) is 0 Å². The molecule has 0 amide bonds. The molecular weight excluding hydrogens is 244 g/mol. The van der Waals surface area contributed by atoms with Crippen molar-refractivity contribution in [2.24, 2.45) is 10.8 Å². The maximum absolute atomic E-state index is 12.5. The van der Waals surface area contributed by atoms with Gasteiger partial charge in [0.25, 0.3) is 0 Å². The van der Waals surface area contributed by atoms with E-state index in [1.165, 1.54) is 0 Å². The average molecular weight is 264 g/mol. The molecule has 1 fully saturated rings. The minimum absolute atomic E-state index is 0.225. The monoisotopic (exact) mass is 264 g/mol. The SMILES string of the molecule is CC1=C2C(=C[C@@](C)(CO)[C@@H]2O)C(=O)[C@@](C)(O)C12CC2. The number of aliphatic hydroxyl groups is 3. The van der Waals surface area contributed by atoms with Crippen LogP contribution < -0.4 is 0 Å². The van der Waals surface area contributed by atoms with E-state index in [4.69, 9.17) is 0 Å². The second kappa shape index (κ2) is 3.37. The Hall–Kier alpha value is -0.970. The molecule has 1 spiro atoms. The summed E-state index contributed by atoms with van der Waals surface area (Å²) in [4.78, 5) is 12.5. The van der Waals surface area contributed by atoms with Gasteiger partial charge in [-0.25, -0.2) is 0 Å². The lowest BCUT2D eigenvalue weighted by atomic mass is 9.67. The molecule has 104 valence electrons. The fraction of sp³-hybridized carbons (Fsp3) is 0.667. The largest absolute Gasteiger partial charge is 0.395 e. The first-order valence-electron chi connectivity index (χ1n) is 6.72. The minimum atomic E-state index is -1.40. The third-order valence-electron chi connectivity index (χ3n) is 5.49. The van der Waals surface area contributed by atoms with Crippen LogP contribution in [0.2, 0.25) is 0 Å². The van der Waals surface area contributed by atoms with E-state index in [-0.39, 0.29) is 12.4 Å². The molecule has 3 atom stereocenters. The zero-order valence-electron chi connectivity index (χ0n) is 11.5. The third-order valence-corrected chi connectivity index (χ3v) is 5.49. The molecule has 3 N–H and O–H groups in total. The Morgan fingerprint density at radius 2 is 1.95 bits per heavy atom. The van der Waals surface area contributed by atoms with E-state index >= 15 is 0 Å². The second-order valence-corrected chi connectivity index (χ2v) is 6.65. The van der Waals surface area contributed by atoms with Crippen molar-refractivity contribution < 1.29 is 20.1 Å². The first-order chi connectivity index (χ1) is 8.71. The van der Waals surface area contributed by atoms with E-state index in [1.54, 1.807) is 19.9 Å². The number of hydrogen-bond donors (Lipinski definition) is 3. The molecule has 1 saturated carbocycles. The van der Waals surface area contributed by atoms with Crippen molar-refractivity contribution in [1.82, 2.24) is 0 Å². The van der Waals surface area contributed by atoms with E-state index in [9.17, 15) is 20.1 Å². The average Bonchev–Trinajstić information content (AvgIpc) is 3.12. The number of aliphatic hydroxyl groups excluding tert-OH is 2. The molecule has 0 unspecified atom stereocenters. The summed E-state index contributed by atoms with van der Waals surface area (Å²) in [6.45, 7) is 4.97. The molecule has 0 saturated heterocycles. The molecule has 19 heavy (non-hydrogen) atoms. The van der Waals surface area contributed by atoms with E-state index in [0.29, 0.717) is 11.1 Å². The second-order valence-electron chi connectivity index (χ2n) is 6.65. The van der Waals surface area contributed by atoms with Crippen LogP contribution in [0.4, 0.5) is 0 Å². The summed E-state index contributed by atoms with van der Waals surface area (Å²) in [7, 11) is 0. The van der Waals surface area contributed by atoms with Gasteiger partial charge in [-0.1, -0.05) is 18.6 Å². The Labute approximate surface area is 112 Å². The number of ketones is 1. The van der Waals surface area contributed by atoms with E-state index in [1.807, 2.05) is 6.92 Å². The molecule has 0 aromatic rings. The van der Waals surface area contributed by atoms with Crippen molar-refractivity contribution in [2.75, 3.05) is 6.61 Å². The van der Waals surface area contributed by atoms with Crippen molar-refractivity contribution in [2.45, 2.75) is 45.3 Å². The zero-order valence-corrected chi connectivity index (χ0v) is 11.5. The van der Waals surface area contributed by atoms with Crippen LogP contribution in [-0.2, 0) is 4.79 Å². The predicted octanol–water partition coefficient (Wildman–Crippen LogP) is 0.716. The lowest BCUT2D eigenvalue weighted by Crippen LogP contribution is -2.50. The highest BCUT2D eigenvalue weighted by Crippen LogP contribution is 2.65. The fourth-order valence-electron chi connectivity index (χ4n) is 3.78. The fourth-order valence-corrected chi connectivity index (χ4v) is 3.78. The van der Waals surface area contributed by atoms with Gasteiger partial charge in [-0.15, -0.1) is 0 Å². The van der Waals surface area contributed by atoms with Gasteiger partial charge in [0.1, 0.15) is 5.60 Å². The summed E-state index contributed by atoms with van der Waals surface area (Å²) < 4.78 is 0. The third kappa shape index (κ3) is 1.27. The highest BCUT2D eigenvalue weighted by atomic mass is 16.3. The Morgan fingerprint density at radius 1 is 1.37 bits per heavy atom. The summed E-state index contributed by atoms with van der Waals surface area (Å²) in [6, 6.07) is 0. The van der Waals surface area contributed by atoms with Crippen LogP contribution in [0.25, 0.3) is 0 Å². The molecule has 0 heterocycles. The molecule has 0 radical (unpaired) electrons. The molecule has 4 heteroatoms. The van der Waals surface area contributed by atoms with Gasteiger partial charge in [-0.2, -0.15) is 0 Å². The van der Waals surface area contributed by atoms with Crippen molar-refractivity contribution in [3.05, 3.63) is 22.8 Å². The Morgan fingerprint density at radius 3 is 2.42 bits per heavy atom. The van der Waals surface area contributed by atoms with Crippen LogP contribution in [0.3, 0.4) is 0 Å². The molecule has 3 rings (SSSR count). The molecule has 4 nitrogen and oxygen atoms in total. The van der Waals surface area contributed by atoms with Crippen molar-refractivity contribution in [1.29, 1.82) is 0 Å². The normalized spacial score (nSPS) is 43.6. The van der Waals surface area contributed by atoms with E-state index < -0.39 is 22.5 Å². The van der Waals surface area contributed by atoms with Gasteiger partial charge >= 0.3 is 0 Å². The zero-order chi connectivity index (χ0) is 14.2. The van der Waals surface area contributed by atoms with Gasteiger partial charge in [0.05, 0.1) is 12.7 Å². The van der Waals surface area contributed by atoms with Crippen LogP contribution in [0, 0.1) is 10.8 Å². The van der Waals surface area contributed by atoms with Crippen LogP contribution in [-0.4, -0.2) is 39.4 Å². The number of hydrogen-bond acceptors (Lipinski definition) is 4. The van der Waals surface area contributed by atoms with E-state index in [0.717, 1.165) is 18.4 Å². The maximum atomic E-state index is 12.5. The Kier molecular flexibility index (Phi) is 2.31. The highest BCUT2D eigenvalue weighted by Gasteiger charge is 2.66. The molecule has 0 aromatic heterocycles. The standard InChI is InChI=1S/C15H20O4/c1-8-10-9(6-13(2,7-16)12(10)18)11(17)14(3,19)15(8)4-5-15/h6,12,16,18-19H,4-5,7H2,1-3H3/t12-,13+,14-/m1/s1. The van der Waals surface area contributed by atoms with Crippen LogP contribution in [0.1, 0.15) is 33.6 Å². The minimum Gasteiger partial charge on any atom is -0.395 e. The Balaban J connectivity index is 2.25. The predicted molar refractivity (Wildman–Crippen MR) is 69.3 cm³/mol. The molecule has 0 aromatic carbocycles. The van der Waals surface area contributed by atoms with Gasteiger partial charge in [0.15, 0.2) is 5.78 Å². The lowest BCUT2D eigenvalue weighted by Gasteiger charge is -2.39. The summed E-state index contributed by atoms with van der Waals surface area (Å²) in [5.74, 6) is -0.318. The number of carbonyl (C=O) groups is 1. The summed E-state index contributed by atoms with van der Waals surface area (Å²) in [6.07, 6.45) is 2.31. The number of carbonyl (C=O) groups excluding carboxylic acids is 1. The number of rotatable bonds is 1. The first kappa shape index (κ1) is 13.0. The van der Waals surface area contributed by atoms with Crippen LogP contribution >= 0.6 is 0 Å². The van der Waals surface area contributed by atoms with Crippen molar-refractivity contribution in [3.63, 3.8) is 0 Å². The lowest BCUT2D eigenvalue weighted by molar-refractivity contribution is -0.138. The van der Waals surface area contributed by atoms with Gasteiger partial charge in [-0.05, 0) is 32.3 Å². The highest BCUT2D eigenvalue weighted by molar-refractivity contribution is 6.09. The molecular formula is C15H20O4. The van der Waals surface area contributed by atoms with Gasteiger partial charge in [-0.3, -0.25) is 4.79 Å². The maximum Gasteiger partial charge on any atom is 0.195 e. The van der Waals surface area contributed by atoms with Gasteiger partial charge in [0.2, 0.25) is 0 Å². The van der Waals surface area contributed by atoms with Crippen LogP contribution in [0.5, 0.6) is 0 Å². The summed E-state index contributed by atoms with van der Waals surface area (Å²) >= 11 is 0. The topological polar surface area (TPSA) is 77.8 Å². The van der Waals surface area contributed by atoms with E-state index in [2.05, 4.69) is 0 Å². The van der Waals surface area contributed by atoms with Crippen LogP contribution in [0.15, 0.2) is 22.8 Å². The summed E-state index contributed by atoms with van der Waals surface area (Å²) in [5.41, 5.74) is -0.800. The van der Waals surface area contributed by atoms with Gasteiger partial charge < -0.3 is 15.3 Å². The van der Waals surface area contributed by atoms with Gasteiger partial charge in [0, 0.05) is 16.4 Å². The molecule has 3 aliphatic carbocycles. The number of Topliss-reactive ketones (excluding diaryl/α,β-unsaturated/α-hetero) is 1. The quantitative estimate of drug-likeness (QED) is 0.652. The molecule has 0 bridgehead atoms. The summed E-state index contributed by atoms with van der Waals surface area (Å²) in [5, 5.41) is 30.6. The smallest absolute Gasteiger partial charge is 0.195 e. The first-order valence-corrected chi connectivity index (χ1v) is 6.72. The van der Waals surface area contributed by atoms with Crippen molar-refractivity contribution >= 4 is 5.78 Å². The Bertz CT molecular complexity index is 536. The molecule has 3 aliphatic rings.